The minimum Gasteiger partial charge on any atom is -0.393 e. The van der Waals surface area contributed by atoms with E-state index in [2.05, 4.69) is 6.92 Å². The normalized spacial score (nSPS) is 29.6. The Kier molecular flexibility index (Phi) is 3.50. The van der Waals surface area contributed by atoms with E-state index in [0.29, 0.717) is 11.8 Å². The zero-order chi connectivity index (χ0) is 11.7. The van der Waals surface area contributed by atoms with Gasteiger partial charge in [-0.25, -0.2) is 4.39 Å². The molecule has 3 unspecified atom stereocenters. The molecule has 1 aliphatic rings. The maximum Gasteiger partial charge on any atom is 0.141 e. The lowest BCUT2D eigenvalue weighted by atomic mass is 9.90. The van der Waals surface area contributed by atoms with Crippen LogP contribution in [0.25, 0.3) is 0 Å². The third-order valence-electron chi connectivity index (χ3n) is 3.67. The van der Waals surface area contributed by atoms with Crippen LogP contribution in [0.1, 0.15) is 25.3 Å². The highest BCUT2D eigenvalue weighted by Gasteiger charge is 2.31. The first-order valence-corrected chi connectivity index (χ1v) is 6.07. The monoisotopic (exact) mass is 242 g/mol. The van der Waals surface area contributed by atoms with E-state index in [1.807, 2.05) is 0 Å². The molecule has 0 aliphatic heterocycles. The molecule has 1 aromatic rings. The van der Waals surface area contributed by atoms with Crippen molar-refractivity contribution in [3.05, 3.63) is 34.6 Å². The molecule has 0 aromatic heterocycles. The maximum absolute atomic E-state index is 13.0. The van der Waals surface area contributed by atoms with E-state index in [1.54, 1.807) is 12.1 Å². The van der Waals surface area contributed by atoms with Crippen LogP contribution in [0.3, 0.4) is 0 Å². The van der Waals surface area contributed by atoms with Crippen LogP contribution >= 0.6 is 11.6 Å². The van der Waals surface area contributed by atoms with Crippen molar-refractivity contribution in [1.29, 1.82) is 0 Å². The third-order valence-corrected chi connectivity index (χ3v) is 3.96. The number of aliphatic hydroxyl groups is 1. The lowest BCUT2D eigenvalue weighted by Crippen LogP contribution is -2.16. The molecule has 16 heavy (non-hydrogen) atoms. The predicted octanol–water partition coefficient (Wildman–Crippen LogP) is 3.43. The van der Waals surface area contributed by atoms with Gasteiger partial charge in [0.15, 0.2) is 0 Å². The molecule has 0 heterocycles. The first kappa shape index (κ1) is 11.9. The fourth-order valence-electron chi connectivity index (χ4n) is 2.48. The first-order valence-electron chi connectivity index (χ1n) is 5.70. The van der Waals surface area contributed by atoms with Gasteiger partial charge in [-0.1, -0.05) is 24.6 Å². The van der Waals surface area contributed by atoms with Crippen LogP contribution in [0.2, 0.25) is 5.02 Å². The van der Waals surface area contributed by atoms with Crippen LogP contribution in [0.15, 0.2) is 18.2 Å². The molecule has 3 heteroatoms. The van der Waals surface area contributed by atoms with Gasteiger partial charge in [-0.15, -0.1) is 0 Å². The van der Waals surface area contributed by atoms with Crippen molar-refractivity contribution in [2.45, 2.75) is 32.3 Å². The first-order chi connectivity index (χ1) is 7.58. The number of hydrogen-bond acceptors (Lipinski definition) is 1. The number of rotatable bonds is 2. The number of hydrogen-bond donors (Lipinski definition) is 1. The second-order valence-electron chi connectivity index (χ2n) is 4.72. The molecule has 0 radical (unpaired) electrons. The van der Waals surface area contributed by atoms with Crippen molar-refractivity contribution in [3.8, 4) is 0 Å². The van der Waals surface area contributed by atoms with E-state index in [9.17, 15) is 9.50 Å². The maximum atomic E-state index is 13.0. The van der Waals surface area contributed by atoms with E-state index in [4.69, 9.17) is 11.6 Å². The molecule has 0 bridgehead atoms. The average Bonchev–Trinajstić information content (AvgIpc) is 2.55. The van der Waals surface area contributed by atoms with Gasteiger partial charge in [0, 0.05) is 0 Å². The molecule has 1 nitrogen and oxygen atoms in total. The van der Waals surface area contributed by atoms with Crippen LogP contribution in [-0.4, -0.2) is 11.2 Å². The molecule has 1 aliphatic carbocycles. The van der Waals surface area contributed by atoms with Crippen LogP contribution < -0.4 is 0 Å². The molecular weight excluding hydrogens is 227 g/mol. The quantitative estimate of drug-likeness (QED) is 0.843. The van der Waals surface area contributed by atoms with Gasteiger partial charge in [0.05, 0.1) is 11.1 Å². The molecule has 1 aromatic carbocycles. The van der Waals surface area contributed by atoms with Gasteiger partial charge in [0.2, 0.25) is 0 Å². The summed E-state index contributed by atoms with van der Waals surface area (Å²) >= 11 is 5.74. The molecule has 1 saturated carbocycles. The van der Waals surface area contributed by atoms with Crippen LogP contribution in [0.4, 0.5) is 4.39 Å². The van der Waals surface area contributed by atoms with Crippen molar-refractivity contribution in [2.24, 2.45) is 11.8 Å². The molecule has 0 saturated heterocycles. The van der Waals surface area contributed by atoms with Gasteiger partial charge in [-0.2, -0.15) is 0 Å². The summed E-state index contributed by atoms with van der Waals surface area (Å²) in [4.78, 5) is 0. The summed E-state index contributed by atoms with van der Waals surface area (Å²) in [6.07, 6.45) is 2.61. The fourth-order valence-corrected chi connectivity index (χ4v) is 2.69. The van der Waals surface area contributed by atoms with Crippen LogP contribution in [0.5, 0.6) is 0 Å². The summed E-state index contributed by atoms with van der Waals surface area (Å²) in [5, 5.41) is 9.84. The standard InChI is InChI=1S/C13H16ClFO/c1-8-10(3-5-13(8)16)6-9-2-4-12(15)11(14)7-9/h2,4,7-8,10,13,16H,3,5-6H2,1H3. The van der Waals surface area contributed by atoms with E-state index in [1.165, 1.54) is 6.07 Å². The Morgan fingerprint density at radius 3 is 2.75 bits per heavy atom. The van der Waals surface area contributed by atoms with Crippen LogP contribution in [0, 0.1) is 17.7 Å². The lowest BCUT2D eigenvalue weighted by molar-refractivity contribution is 0.127. The Morgan fingerprint density at radius 2 is 2.19 bits per heavy atom. The molecule has 88 valence electrons. The van der Waals surface area contributed by atoms with E-state index in [0.717, 1.165) is 24.8 Å². The van der Waals surface area contributed by atoms with Crippen molar-refractivity contribution in [3.63, 3.8) is 0 Å². The predicted molar refractivity (Wildman–Crippen MR) is 63.0 cm³/mol. The van der Waals surface area contributed by atoms with Crippen molar-refractivity contribution < 1.29 is 9.50 Å². The minimum atomic E-state index is -0.370. The van der Waals surface area contributed by atoms with Crippen molar-refractivity contribution in [2.75, 3.05) is 0 Å². The summed E-state index contributed by atoms with van der Waals surface area (Å²) in [5.74, 6) is 0.435. The summed E-state index contributed by atoms with van der Waals surface area (Å²) in [5.41, 5.74) is 1.05. The van der Waals surface area contributed by atoms with Gasteiger partial charge in [0.25, 0.3) is 0 Å². The summed E-state index contributed by atoms with van der Waals surface area (Å²) in [6.45, 7) is 2.08. The highest BCUT2D eigenvalue weighted by molar-refractivity contribution is 6.30. The zero-order valence-electron chi connectivity index (χ0n) is 9.29. The Labute approximate surface area is 100 Å². The smallest absolute Gasteiger partial charge is 0.141 e. The summed E-state index contributed by atoms with van der Waals surface area (Å²) < 4.78 is 13.0. The SMILES string of the molecule is CC1C(O)CCC1Cc1ccc(F)c(Cl)c1. The molecule has 1 N–H and O–H groups in total. The van der Waals surface area contributed by atoms with Gasteiger partial charge in [0.1, 0.15) is 5.82 Å². The molecule has 0 amide bonds. The second-order valence-corrected chi connectivity index (χ2v) is 5.12. The Hall–Kier alpha value is -0.600. The number of aliphatic hydroxyl groups excluding tert-OH is 1. The van der Waals surface area contributed by atoms with Crippen molar-refractivity contribution >= 4 is 11.6 Å². The Balaban J connectivity index is 2.07. The average molecular weight is 243 g/mol. The Bertz CT molecular complexity index is 380. The van der Waals surface area contributed by atoms with Crippen LogP contribution in [-0.2, 0) is 6.42 Å². The largest absolute Gasteiger partial charge is 0.393 e. The molecule has 0 spiro atoms. The Morgan fingerprint density at radius 1 is 1.44 bits per heavy atom. The number of benzene rings is 1. The summed E-state index contributed by atoms with van der Waals surface area (Å²) in [7, 11) is 0. The van der Waals surface area contributed by atoms with Gasteiger partial charge >= 0.3 is 0 Å². The lowest BCUT2D eigenvalue weighted by Gasteiger charge is -2.17. The van der Waals surface area contributed by atoms with E-state index < -0.39 is 0 Å². The van der Waals surface area contributed by atoms with Crippen molar-refractivity contribution in [1.82, 2.24) is 0 Å². The van der Waals surface area contributed by atoms with Gasteiger partial charge in [-0.3, -0.25) is 0 Å². The summed E-state index contributed by atoms with van der Waals surface area (Å²) in [6, 6.07) is 4.88. The topological polar surface area (TPSA) is 20.2 Å². The molecule has 1 fully saturated rings. The van der Waals surface area contributed by atoms with Gasteiger partial charge in [-0.05, 0) is 48.8 Å². The fraction of sp³-hybridized carbons (Fsp3) is 0.538. The van der Waals surface area contributed by atoms with E-state index in [-0.39, 0.29) is 16.9 Å². The number of halogens is 2. The molecular formula is C13H16ClFO. The van der Waals surface area contributed by atoms with E-state index >= 15 is 0 Å². The van der Waals surface area contributed by atoms with Gasteiger partial charge < -0.3 is 5.11 Å². The molecule has 2 rings (SSSR count). The highest BCUT2D eigenvalue weighted by Crippen LogP contribution is 2.34. The second kappa shape index (κ2) is 4.72. The molecule has 3 atom stereocenters. The third kappa shape index (κ3) is 2.38. The minimum absolute atomic E-state index is 0.180. The zero-order valence-corrected chi connectivity index (χ0v) is 10.0. The highest BCUT2D eigenvalue weighted by atomic mass is 35.5.